The van der Waals surface area contributed by atoms with Gasteiger partial charge in [-0.15, -0.1) is 0 Å². The Morgan fingerprint density at radius 3 is 2.40 bits per heavy atom. The van der Waals surface area contributed by atoms with Gasteiger partial charge in [0.05, 0.1) is 33.9 Å². The molecule has 1 fully saturated rings. The fourth-order valence-electron chi connectivity index (χ4n) is 3.97. The van der Waals surface area contributed by atoms with Crippen LogP contribution in [0.1, 0.15) is 22.9 Å². The minimum absolute atomic E-state index is 0.137. The first-order valence-corrected chi connectivity index (χ1v) is 12.2. The minimum atomic E-state index is -3.97. The summed E-state index contributed by atoms with van der Waals surface area (Å²) >= 11 is 6.29. The Morgan fingerprint density at radius 1 is 1.14 bits per heavy atom. The zero-order valence-electron chi connectivity index (χ0n) is 18.6. The first kappa shape index (κ1) is 24.4. The number of Topliss-reactive ketones (excluding diaryl/α,β-unsaturated/α-hetero) is 1. The van der Waals surface area contributed by atoms with Crippen LogP contribution in [-0.2, 0) is 19.6 Å². The van der Waals surface area contributed by atoms with Gasteiger partial charge in [-0.2, -0.15) is 0 Å². The summed E-state index contributed by atoms with van der Waals surface area (Å²) in [5, 5.41) is 16.7. The summed E-state index contributed by atoms with van der Waals surface area (Å²) < 4.78 is 28.7. The van der Waals surface area contributed by atoms with Crippen LogP contribution >= 0.6 is 11.6 Å². The van der Waals surface area contributed by atoms with Crippen LogP contribution in [-0.4, -0.2) is 37.3 Å². The third kappa shape index (κ3) is 4.39. The lowest BCUT2D eigenvalue weighted by atomic mass is 9.97. The van der Waals surface area contributed by atoms with E-state index in [1.165, 1.54) is 37.6 Å². The largest absolute Gasteiger partial charge is 0.507 e. The molecule has 180 valence electrons. The molecule has 3 aromatic rings. The summed E-state index contributed by atoms with van der Waals surface area (Å²) in [4.78, 5) is 31.8. The van der Waals surface area contributed by atoms with Crippen LogP contribution in [0.4, 0.5) is 5.69 Å². The Balaban J connectivity index is 1.97. The molecule has 2 aromatic carbocycles. The number of nitrogens with zero attached hydrogens (tertiary/aromatic N) is 2. The van der Waals surface area contributed by atoms with Crippen molar-refractivity contribution in [2.45, 2.75) is 17.9 Å². The summed E-state index contributed by atoms with van der Waals surface area (Å²) in [6.07, 6.45) is 1.49. The number of pyridine rings is 1. The Kier molecular flexibility index (Phi) is 6.37. The van der Waals surface area contributed by atoms with Gasteiger partial charge in [-0.1, -0.05) is 17.7 Å². The predicted octanol–water partition coefficient (Wildman–Crippen LogP) is 3.33. The highest BCUT2D eigenvalue weighted by Gasteiger charge is 2.48. The van der Waals surface area contributed by atoms with Gasteiger partial charge in [0.2, 0.25) is 10.0 Å². The lowest BCUT2D eigenvalue weighted by Crippen LogP contribution is -2.29. The maximum atomic E-state index is 13.3. The molecule has 1 aliphatic heterocycles. The summed E-state index contributed by atoms with van der Waals surface area (Å²) in [7, 11) is -2.60. The molecular weight excluding hydrogens is 494 g/mol. The topological polar surface area (TPSA) is 140 Å². The van der Waals surface area contributed by atoms with Gasteiger partial charge in [-0.05, 0) is 61.0 Å². The van der Waals surface area contributed by atoms with Crippen LogP contribution in [0.15, 0.2) is 71.3 Å². The molecule has 0 bridgehead atoms. The highest BCUT2D eigenvalue weighted by Crippen LogP contribution is 2.44. The number of carbonyl (C=O) groups excluding carboxylic acids is 2. The number of amides is 1. The monoisotopic (exact) mass is 513 g/mol. The number of sulfonamides is 1. The molecule has 0 radical (unpaired) electrons. The first-order valence-electron chi connectivity index (χ1n) is 10.2. The number of hydrogen-bond donors (Lipinski definition) is 2. The number of aryl methyl sites for hydroxylation is 1. The summed E-state index contributed by atoms with van der Waals surface area (Å²) in [5.41, 5.74) is 1.13. The van der Waals surface area contributed by atoms with E-state index in [1.807, 2.05) is 0 Å². The zero-order chi connectivity index (χ0) is 25.5. The number of nitrogens with two attached hydrogens (primary N) is 1. The Morgan fingerprint density at radius 2 is 1.83 bits per heavy atom. The average molecular weight is 514 g/mol. The molecule has 1 amide bonds. The van der Waals surface area contributed by atoms with Crippen LogP contribution < -0.4 is 14.8 Å². The second kappa shape index (κ2) is 9.14. The molecular formula is C24H20ClN3O6S. The van der Waals surface area contributed by atoms with Gasteiger partial charge in [0.1, 0.15) is 17.6 Å². The van der Waals surface area contributed by atoms with Gasteiger partial charge in [0.15, 0.2) is 0 Å². The molecule has 9 nitrogen and oxygen atoms in total. The van der Waals surface area contributed by atoms with Gasteiger partial charge in [-0.25, -0.2) is 13.6 Å². The van der Waals surface area contributed by atoms with E-state index in [9.17, 15) is 23.1 Å². The van der Waals surface area contributed by atoms with Crippen LogP contribution in [0.5, 0.6) is 5.75 Å². The van der Waals surface area contributed by atoms with Crippen molar-refractivity contribution < 1.29 is 27.9 Å². The molecule has 11 heteroatoms. The van der Waals surface area contributed by atoms with Crippen LogP contribution in [0, 0.1) is 6.92 Å². The standard InChI is InChI=1S/C24H20ClN3O6S/c1-13-11-16(23(34-2)17(25)12-13)21(29)19-20(18-5-3-4-10-27-18)28(24(31)22(19)30)14-6-8-15(9-7-14)35(26,32)33/h3-12,20,29H,1-2H3,(H2,26,32,33)/b21-19+. The molecule has 1 saturated heterocycles. The van der Waals surface area contributed by atoms with Crippen molar-refractivity contribution in [3.63, 3.8) is 0 Å². The summed E-state index contributed by atoms with van der Waals surface area (Å²) in [6, 6.07) is 12.2. The smallest absolute Gasteiger partial charge is 0.300 e. The maximum absolute atomic E-state index is 13.3. The van der Waals surface area contributed by atoms with Gasteiger partial charge in [0, 0.05) is 11.9 Å². The molecule has 1 atom stereocenters. The average Bonchev–Trinajstić information content (AvgIpc) is 3.08. The second-order valence-electron chi connectivity index (χ2n) is 7.79. The van der Waals surface area contributed by atoms with Crippen LogP contribution in [0.2, 0.25) is 5.02 Å². The first-order chi connectivity index (χ1) is 16.5. The van der Waals surface area contributed by atoms with Crippen molar-refractivity contribution in [2.24, 2.45) is 5.14 Å². The van der Waals surface area contributed by atoms with E-state index in [1.54, 1.807) is 37.3 Å². The number of ether oxygens (including phenoxy) is 1. The molecule has 1 unspecified atom stereocenters. The van der Waals surface area contributed by atoms with Crippen molar-refractivity contribution in [3.05, 3.63) is 88.2 Å². The highest BCUT2D eigenvalue weighted by atomic mass is 35.5. The number of rotatable bonds is 5. The fourth-order valence-corrected chi connectivity index (χ4v) is 4.84. The molecule has 4 rings (SSSR count). The number of methoxy groups -OCH3 is 1. The summed E-state index contributed by atoms with van der Waals surface area (Å²) in [6.45, 7) is 1.75. The highest BCUT2D eigenvalue weighted by molar-refractivity contribution is 7.89. The fraction of sp³-hybridized carbons (Fsp3) is 0.125. The number of anilines is 1. The Hall–Kier alpha value is -3.73. The number of ketones is 1. The number of benzene rings is 2. The number of carbonyl (C=O) groups is 2. The normalized spacial score (nSPS) is 17.6. The van der Waals surface area contributed by atoms with E-state index < -0.39 is 33.5 Å². The SMILES string of the molecule is COc1c(Cl)cc(C)cc1/C(O)=C1\C(=O)C(=O)N(c2ccc(S(N)(=O)=O)cc2)C1c1ccccn1. The van der Waals surface area contributed by atoms with E-state index >= 15 is 0 Å². The Labute approximate surface area is 206 Å². The molecule has 2 heterocycles. The van der Waals surface area contributed by atoms with Crippen molar-refractivity contribution in [3.8, 4) is 5.75 Å². The van der Waals surface area contributed by atoms with Crippen molar-refractivity contribution in [1.29, 1.82) is 0 Å². The molecule has 35 heavy (non-hydrogen) atoms. The molecule has 3 N–H and O–H groups in total. The van der Waals surface area contributed by atoms with E-state index in [4.69, 9.17) is 21.5 Å². The van der Waals surface area contributed by atoms with Crippen molar-refractivity contribution in [1.82, 2.24) is 4.98 Å². The maximum Gasteiger partial charge on any atom is 0.300 e. The van der Waals surface area contributed by atoms with E-state index in [0.717, 1.165) is 4.90 Å². The third-order valence-electron chi connectivity index (χ3n) is 5.50. The number of halogens is 1. The van der Waals surface area contributed by atoms with Gasteiger partial charge >= 0.3 is 0 Å². The number of aliphatic hydroxyl groups is 1. The molecule has 0 saturated carbocycles. The number of aliphatic hydroxyl groups excluding tert-OH is 1. The number of aromatic nitrogens is 1. The Bertz CT molecular complexity index is 1470. The second-order valence-corrected chi connectivity index (χ2v) is 9.76. The number of hydrogen-bond acceptors (Lipinski definition) is 7. The van der Waals surface area contributed by atoms with Crippen molar-refractivity contribution >= 4 is 44.8 Å². The van der Waals surface area contributed by atoms with Gasteiger partial charge in [-0.3, -0.25) is 19.5 Å². The third-order valence-corrected chi connectivity index (χ3v) is 6.71. The summed E-state index contributed by atoms with van der Waals surface area (Å²) in [5.74, 6) is -2.22. The molecule has 1 aliphatic rings. The van der Waals surface area contributed by atoms with Crippen LogP contribution in [0.25, 0.3) is 5.76 Å². The lowest BCUT2D eigenvalue weighted by Gasteiger charge is -2.25. The van der Waals surface area contributed by atoms with Gasteiger partial charge in [0.25, 0.3) is 11.7 Å². The molecule has 0 spiro atoms. The van der Waals surface area contributed by atoms with Crippen LogP contribution in [0.3, 0.4) is 0 Å². The van der Waals surface area contributed by atoms with E-state index in [-0.39, 0.29) is 32.5 Å². The van der Waals surface area contributed by atoms with E-state index in [2.05, 4.69) is 4.98 Å². The lowest BCUT2D eigenvalue weighted by molar-refractivity contribution is -0.132. The minimum Gasteiger partial charge on any atom is -0.507 e. The zero-order valence-corrected chi connectivity index (χ0v) is 20.2. The van der Waals surface area contributed by atoms with E-state index in [0.29, 0.717) is 11.3 Å². The number of primary sulfonamides is 1. The molecule has 0 aliphatic carbocycles. The predicted molar refractivity (Wildman–Crippen MR) is 130 cm³/mol. The quantitative estimate of drug-likeness (QED) is 0.303. The van der Waals surface area contributed by atoms with Crippen molar-refractivity contribution in [2.75, 3.05) is 12.0 Å². The molecule has 1 aromatic heterocycles. The van der Waals surface area contributed by atoms with Gasteiger partial charge < -0.3 is 9.84 Å².